The molecule has 5 heteroatoms. The Bertz CT molecular complexity index is 189. The lowest BCUT2D eigenvalue weighted by molar-refractivity contribution is -0.165. The fourth-order valence-corrected chi connectivity index (χ4v) is 1.45. The molecule has 0 fully saturated rings. The van der Waals surface area contributed by atoms with Crippen molar-refractivity contribution in [3.63, 3.8) is 0 Å². The monoisotopic (exact) mass is 344 g/mol. The maximum absolute atomic E-state index is 11.2. The summed E-state index contributed by atoms with van der Waals surface area (Å²) in [6.07, 6.45) is 2.17. The molecule has 0 aromatic rings. The number of unbranched alkanes of at least 4 members (excludes halogenated alkanes) is 1. The summed E-state index contributed by atoms with van der Waals surface area (Å²) in [5.74, 6) is -0.358. The number of ether oxygens (including phenoxy) is 3. The smallest absolute Gasteiger partial charge is 0.332 e. The fraction of sp³-hybridized carbons (Fsp3) is 0.909. The van der Waals surface area contributed by atoms with Crippen molar-refractivity contribution in [2.45, 2.75) is 39.2 Å². The standard InChI is InChI=1S/C11H21IO4/c1-11(2,3)16-10(13)8-15-9-14-7-5-4-6-12/h4-9H2,1-3H3. The Balaban J connectivity index is 3.28. The van der Waals surface area contributed by atoms with Gasteiger partial charge < -0.3 is 14.2 Å². The Morgan fingerprint density at radius 1 is 1.19 bits per heavy atom. The van der Waals surface area contributed by atoms with E-state index in [1.165, 1.54) is 0 Å². The van der Waals surface area contributed by atoms with Crippen molar-refractivity contribution in [2.75, 3.05) is 24.4 Å². The van der Waals surface area contributed by atoms with Gasteiger partial charge >= 0.3 is 5.97 Å². The van der Waals surface area contributed by atoms with Crippen LogP contribution in [0.4, 0.5) is 0 Å². The van der Waals surface area contributed by atoms with Gasteiger partial charge in [0.25, 0.3) is 0 Å². The molecule has 0 aromatic heterocycles. The number of esters is 1. The average Bonchev–Trinajstić information content (AvgIpc) is 2.13. The van der Waals surface area contributed by atoms with Crippen LogP contribution >= 0.6 is 22.6 Å². The highest BCUT2D eigenvalue weighted by molar-refractivity contribution is 14.1. The third-order valence-electron chi connectivity index (χ3n) is 1.48. The van der Waals surface area contributed by atoms with Gasteiger partial charge in [-0.05, 0) is 38.0 Å². The van der Waals surface area contributed by atoms with Crippen molar-refractivity contribution in [2.24, 2.45) is 0 Å². The highest BCUT2D eigenvalue weighted by Gasteiger charge is 2.15. The van der Waals surface area contributed by atoms with Crippen molar-refractivity contribution in [1.29, 1.82) is 0 Å². The summed E-state index contributed by atoms with van der Waals surface area (Å²) < 4.78 is 16.4. The normalized spacial score (nSPS) is 11.5. The summed E-state index contributed by atoms with van der Waals surface area (Å²) in [4.78, 5) is 11.2. The fourth-order valence-electron chi connectivity index (χ4n) is 0.912. The Morgan fingerprint density at radius 2 is 1.88 bits per heavy atom. The Kier molecular flexibility index (Phi) is 9.25. The van der Waals surface area contributed by atoms with Gasteiger partial charge in [-0.15, -0.1) is 0 Å². The Hall–Kier alpha value is 0.120. The molecule has 0 rings (SSSR count). The molecule has 0 radical (unpaired) electrons. The minimum Gasteiger partial charge on any atom is -0.458 e. The van der Waals surface area contributed by atoms with E-state index in [4.69, 9.17) is 14.2 Å². The van der Waals surface area contributed by atoms with Crippen LogP contribution in [0.3, 0.4) is 0 Å². The van der Waals surface area contributed by atoms with Crippen molar-refractivity contribution in [3.05, 3.63) is 0 Å². The van der Waals surface area contributed by atoms with E-state index in [-0.39, 0.29) is 19.4 Å². The van der Waals surface area contributed by atoms with E-state index < -0.39 is 5.60 Å². The van der Waals surface area contributed by atoms with Crippen LogP contribution in [0.15, 0.2) is 0 Å². The maximum Gasteiger partial charge on any atom is 0.332 e. The lowest BCUT2D eigenvalue weighted by Crippen LogP contribution is -2.26. The van der Waals surface area contributed by atoms with E-state index in [2.05, 4.69) is 22.6 Å². The molecule has 0 saturated carbocycles. The molecule has 0 aromatic carbocycles. The van der Waals surface area contributed by atoms with E-state index in [0.717, 1.165) is 17.3 Å². The zero-order chi connectivity index (χ0) is 12.4. The molecule has 4 nitrogen and oxygen atoms in total. The number of hydrogen-bond acceptors (Lipinski definition) is 4. The second kappa shape index (κ2) is 9.18. The van der Waals surface area contributed by atoms with Gasteiger partial charge in [0.1, 0.15) is 19.0 Å². The van der Waals surface area contributed by atoms with Crippen molar-refractivity contribution >= 4 is 28.6 Å². The molecule has 0 amide bonds. The number of carbonyl (C=O) groups excluding carboxylic acids is 1. The topological polar surface area (TPSA) is 44.8 Å². The summed E-state index contributed by atoms with van der Waals surface area (Å²) in [6.45, 7) is 6.25. The predicted octanol–water partition coefficient (Wildman–Crippen LogP) is 2.53. The van der Waals surface area contributed by atoms with Crippen LogP contribution in [0.5, 0.6) is 0 Å². The summed E-state index contributed by atoms with van der Waals surface area (Å²) in [6, 6.07) is 0. The zero-order valence-corrected chi connectivity index (χ0v) is 12.4. The first-order chi connectivity index (χ1) is 7.45. The van der Waals surface area contributed by atoms with E-state index in [1.54, 1.807) is 0 Å². The number of halogens is 1. The molecule has 0 spiro atoms. The largest absolute Gasteiger partial charge is 0.458 e. The molecule has 0 atom stereocenters. The van der Waals surface area contributed by atoms with Gasteiger partial charge in [0.05, 0.1) is 0 Å². The quantitative estimate of drug-likeness (QED) is 0.223. The molecular weight excluding hydrogens is 323 g/mol. The van der Waals surface area contributed by atoms with Gasteiger partial charge in [0, 0.05) is 6.61 Å². The molecular formula is C11H21IO4. The Morgan fingerprint density at radius 3 is 2.44 bits per heavy atom. The van der Waals surface area contributed by atoms with E-state index >= 15 is 0 Å². The van der Waals surface area contributed by atoms with E-state index in [9.17, 15) is 4.79 Å². The van der Waals surface area contributed by atoms with Crippen LogP contribution in [0, 0.1) is 0 Å². The molecule has 0 aliphatic carbocycles. The van der Waals surface area contributed by atoms with E-state index in [1.807, 2.05) is 20.8 Å². The van der Waals surface area contributed by atoms with Crippen molar-refractivity contribution < 1.29 is 19.0 Å². The minimum absolute atomic E-state index is 0.0520. The SMILES string of the molecule is CC(C)(C)OC(=O)COCOCCCCI. The summed E-state index contributed by atoms with van der Waals surface area (Å²) >= 11 is 2.33. The van der Waals surface area contributed by atoms with Crippen molar-refractivity contribution in [3.8, 4) is 0 Å². The molecule has 0 unspecified atom stereocenters. The predicted molar refractivity (Wildman–Crippen MR) is 70.7 cm³/mol. The second-order valence-corrected chi connectivity index (χ2v) is 5.44. The van der Waals surface area contributed by atoms with Crippen LogP contribution in [-0.4, -0.2) is 36.0 Å². The molecule has 0 N–H and O–H groups in total. The number of hydrogen-bond donors (Lipinski definition) is 0. The molecule has 0 aliphatic rings. The molecule has 0 saturated heterocycles. The molecule has 0 bridgehead atoms. The maximum atomic E-state index is 11.2. The molecule has 16 heavy (non-hydrogen) atoms. The first-order valence-corrected chi connectivity index (χ1v) is 6.91. The lowest BCUT2D eigenvalue weighted by atomic mass is 10.2. The minimum atomic E-state index is -0.457. The number of rotatable bonds is 8. The summed E-state index contributed by atoms with van der Waals surface area (Å²) in [5, 5.41) is 0. The van der Waals surface area contributed by atoms with Gasteiger partial charge in [-0.1, -0.05) is 22.6 Å². The van der Waals surface area contributed by atoms with Crippen LogP contribution in [0.25, 0.3) is 0 Å². The van der Waals surface area contributed by atoms with Crippen LogP contribution < -0.4 is 0 Å². The first-order valence-electron chi connectivity index (χ1n) is 5.39. The molecule has 0 heterocycles. The van der Waals surface area contributed by atoms with Crippen LogP contribution in [0.2, 0.25) is 0 Å². The highest BCUT2D eigenvalue weighted by Crippen LogP contribution is 2.06. The third kappa shape index (κ3) is 12.2. The first kappa shape index (κ1) is 16.1. The van der Waals surface area contributed by atoms with Gasteiger partial charge in [-0.2, -0.15) is 0 Å². The second-order valence-electron chi connectivity index (χ2n) is 4.36. The Labute approximate surface area is 111 Å². The average molecular weight is 344 g/mol. The van der Waals surface area contributed by atoms with Gasteiger partial charge in [0.15, 0.2) is 0 Å². The van der Waals surface area contributed by atoms with Crippen LogP contribution in [-0.2, 0) is 19.0 Å². The van der Waals surface area contributed by atoms with Gasteiger partial charge in [0.2, 0.25) is 0 Å². The number of carbonyl (C=O) groups is 1. The highest BCUT2D eigenvalue weighted by atomic mass is 127. The van der Waals surface area contributed by atoms with E-state index in [0.29, 0.717) is 6.61 Å². The molecule has 96 valence electrons. The van der Waals surface area contributed by atoms with Crippen LogP contribution in [0.1, 0.15) is 33.6 Å². The summed E-state index contributed by atoms with van der Waals surface area (Å²) in [5.41, 5.74) is -0.457. The lowest BCUT2D eigenvalue weighted by Gasteiger charge is -2.19. The van der Waals surface area contributed by atoms with Gasteiger partial charge in [-0.3, -0.25) is 0 Å². The van der Waals surface area contributed by atoms with Gasteiger partial charge in [-0.25, -0.2) is 4.79 Å². The number of alkyl halides is 1. The van der Waals surface area contributed by atoms with Crippen molar-refractivity contribution in [1.82, 2.24) is 0 Å². The third-order valence-corrected chi connectivity index (χ3v) is 2.24. The summed E-state index contributed by atoms with van der Waals surface area (Å²) in [7, 11) is 0. The molecule has 0 aliphatic heterocycles. The zero-order valence-electron chi connectivity index (χ0n) is 10.3.